The fraction of sp³-hybridized carbons (Fsp3) is 0.389. The van der Waals surface area contributed by atoms with E-state index in [1.165, 1.54) is 17.3 Å². The first-order chi connectivity index (χ1) is 11.3. The number of carbonyl (C=O) groups is 1. The van der Waals surface area contributed by atoms with Gasteiger partial charge in [0.2, 0.25) is 5.91 Å². The summed E-state index contributed by atoms with van der Waals surface area (Å²) in [4.78, 5) is 21.2. The van der Waals surface area contributed by atoms with Crippen molar-refractivity contribution in [3.05, 3.63) is 47.4 Å². The number of nitrogen functional groups attached to an aromatic ring is 1. The molecule has 5 nitrogen and oxygen atoms in total. The van der Waals surface area contributed by atoms with Gasteiger partial charge < -0.3 is 11.1 Å². The molecule has 1 aromatic heterocycles. The summed E-state index contributed by atoms with van der Waals surface area (Å²) in [6.45, 7) is 8.67. The van der Waals surface area contributed by atoms with E-state index in [9.17, 15) is 4.79 Å². The molecule has 24 heavy (non-hydrogen) atoms. The summed E-state index contributed by atoms with van der Waals surface area (Å²) < 4.78 is 0. The van der Waals surface area contributed by atoms with Crippen molar-refractivity contribution < 1.29 is 4.79 Å². The minimum absolute atomic E-state index is 0.0418. The van der Waals surface area contributed by atoms with Gasteiger partial charge in [0.05, 0.1) is 5.75 Å². The Balaban J connectivity index is 1.83. The molecule has 1 aromatic carbocycles. The van der Waals surface area contributed by atoms with Crippen LogP contribution in [0.4, 0.5) is 5.82 Å². The molecular weight excluding hydrogens is 320 g/mol. The highest BCUT2D eigenvalue weighted by Gasteiger charge is 2.13. The Bertz CT molecular complexity index is 708. The predicted octanol–water partition coefficient (Wildman–Crippen LogP) is 3.07. The lowest BCUT2D eigenvalue weighted by atomic mass is 9.87. The molecule has 2 rings (SSSR count). The highest BCUT2D eigenvalue weighted by Crippen LogP contribution is 2.25. The van der Waals surface area contributed by atoms with Crippen molar-refractivity contribution in [2.75, 3.05) is 11.5 Å². The van der Waals surface area contributed by atoms with Gasteiger partial charge in [0, 0.05) is 23.2 Å². The number of rotatable bonds is 5. The monoisotopic (exact) mass is 344 g/mol. The normalized spacial score (nSPS) is 11.3. The van der Waals surface area contributed by atoms with E-state index >= 15 is 0 Å². The number of aryl methyl sites for hydroxylation is 1. The third-order valence-corrected chi connectivity index (χ3v) is 4.60. The highest BCUT2D eigenvalue weighted by molar-refractivity contribution is 8.00. The number of hydrogen-bond acceptors (Lipinski definition) is 5. The Morgan fingerprint density at radius 3 is 2.50 bits per heavy atom. The van der Waals surface area contributed by atoms with Crippen LogP contribution in [0.25, 0.3) is 0 Å². The minimum atomic E-state index is -0.0418. The first-order valence-electron chi connectivity index (χ1n) is 7.84. The van der Waals surface area contributed by atoms with Gasteiger partial charge in [0.25, 0.3) is 0 Å². The zero-order chi connectivity index (χ0) is 17.7. The number of benzene rings is 1. The minimum Gasteiger partial charge on any atom is -0.383 e. The number of nitrogens with zero attached hydrogens (tertiary/aromatic N) is 2. The summed E-state index contributed by atoms with van der Waals surface area (Å²) >= 11 is 1.52. The van der Waals surface area contributed by atoms with Gasteiger partial charge in [-0.1, -0.05) is 32.9 Å². The second-order valence-electron chi connectivity index (χ2n) is 6.67. The largest absolute Gasteiger partial charge is 0.383 e. The number of thioether (sulfide) groups is 1. The zero-order valence-electron chi connectivity index (χ0n) is 14.6. The summed E-state index contributed by atoms with van der Waals surface area (Å²) in [5, 5.41) is 2.85. The van der Waals surface area contributed by atoms with Gasteiger partial charge in [-0.2, -0.15) is 0 Å². The third kappa shape index (κ3) is 5.23. The van der Waals surface area contributed by atoms with Crippen LogP contribution in [0.5, 0.6) is 0 Å². The molecule has 0 spiro atoms. The number of carbonyl (C=O) groups excluding carboxylic acids is 1. The van der Waals surface area contributed by atoms with Crippen LogP contribution in [0, 0.1) is 6.92 Å². The molecule has 3 N–H and O–H groups in total. The fourth-order valence-corrected chi connectivity index (χ4v) is 2.82. The number of hydrogen-bond donors (Lipinski definition) is 2. The van der Waals surface area contributed by atoms with Crippen LogP contribution >= 0.6 is 11.8 Å². The Morgan fingerprint density at radius 1 is 1.25 bits per heavy atom. The van der Waals surface area contributed by atoms with E-state index in [0.29, 0.717) is 23.9 Å². The summed E-state index contributed by atoms with van der Waals surface area (Å²) in [6, 6.07) is 8.35. The average molecular weight is 344 g/mol. The smallest absolute Gasteiger partial charge is 0.230 e. The molecule has 2 aromatic rings. The van der Waals surface area contributed by atoms with Gasteiger partial charge in [-0.15, -0.1) is 11.8 Å². The maximum Gasteiger partial charge on any atom is 0.230 e. The molecule has 0 fully saturated rings. The van der Waals surface area contributed by atoms with Crippen LogP contribution in [0.15, 0.2) is 35.4 Å². The van der Waals surface area contributed by atoms with Gasteiger partial charge in [0.1, 0.15) is 11.6 Å². The molecular formula is C18H24N4OS. The molecule has 0 unspecified atom stereocenters. The van der Waals surface area contributed by atoms with Crippen LogP contribution in [0.2, 0.25) is 0 Å². The van der Waals surface area contributed by atoms with Crippen LogP contribution in [0.3, 0.4) is 0 Å². The van der Waals surface area contributed by atoms with Crippen molar-refractivity contribution in [1.82, 2.24) is 15.3 Å². The number of anilines is 1. The molecule has 0 aliphatic rings. The average Bonchev–Trinajstić information content (AvgIpc) is 2.51. The first-order valence-corrected chi connectivity index (χ1v) is 8.82. The maximum absolute atomic E-state index is 12.0. The van der Waals surface area contributed by atoms with Gasteiger partial charge in [-0.25, -0.2) is 9.97 Å². The topological polar surface area (TPSA) is 80.9 Å². The number of nitrogens with one attached hydrogen (secondary N) is 1. The van der Waals surface area contributed by atoms with E-state index in [4.69, 9.17) is 5.73 Å². The molecule has 0 aliphatic carbocycles. The molecule has 0 radical (unpaired) electrons. The lowest BCUT2D eigenvalue weighted by Gasteiger charge is -2.19. The molecule has 1 heterocycles. The standard InChI is InChI=1S/C18H24N4OS/c1-12-20-9-13(17(19)22-12)10-21-16(23)11-24-15-7-5-14(6-8-15)18(2,3)4/h5-9H,10-11H2,1-4H3,(H,21,23)(H2,19,20,22). The van der Waals surface area contributed by atoms with Crippen LogP contribution in [0.1, 0.15) is 37.7 Å². The molecule has 0 bridgehead atoms. The first kappa shape index (κ1) is 18.3. The van der Waals surface area contributed by atoms with E-state index in [-0.39, 0.29) is 11.3 Å². The fourth-order valence-electron chi connectivity index (χ4n) is 2.09. The summed E-state index contributed by atoms with van der Waals surface area (Å²) in [6.07, 6.45) is 1.65. The second kappa shape index (κ2) is 7.66. The molecule has 128 valence electrons. The van der Waals surface area contributed by atoms with Gasteiger partial charge in [-0.3, -0.25) is 4.79 Å². The van der Waals surface area contributed by atoms with Gasteiger partial charge in [-0.05, 0) is 30.0 Å². The molecule has 6 heteroatoms. The van der Waals surface area contributed by atoms with E-state index in [2.05, 4.69) is 60.3 Å². The Hall–Kier alpha value is -2.08. The van der Waals surface area contributed by atoms with Gasteiger partial charge in [0.15, 0.2) is 0 Å². The van der Waals surface area contributed by atoms with Crippen LogP contribution in [-0.4, -0.2) is 21.6 Å². The van der Waals surface area contributed by atoms with Crippen LogP contribution in [-0.2, 0) is 16.8 Å². The van der Waals surface area contributed by atoms with E-state index < -0.39 is 0 Å². The zero-order valence-corrected chi connectivity index (χ0v) is 15.4. The number of amides is 1. The van der Waals surface area contributed by atoms with Crippen molar-refractivity contribution in [3.8, 4) is 0 Å². The Labute approximate surface area is 147 Å². The summed E-state index contributed by atoms with van der Waals surface area (Å²) in [7, 11) is 0. The quantitative estimate of drug-likeness (QED) is 0.815. The van der Waals surface area contributed by atoms with Crippen molar-refractivity contribution in [2.24, 2.45) is 0 Å². The van der Waals surface area contributed by atoms with Crippen molar-refractivity contribution in [1.29, 1.82) is 0 Å². The maximum atomic E-state index is 12.0. The number of nitrogens with two attached hydrogens (primary N) is 1. The van der Waals surface area contributed by atoms with Crippen molar-refractivity contribution in [2.45, 2.75) is 44.6 Å². The second-order valence-corrected chi connectivity index (χ2v) is 7.72. The number of aromatic nitrogens is 2. The molecule has 0 atom stereocenters. The Morgan fingerprint density at radius 2 is 1.92 bits per heavy atom. The molecule has 0 saturated heterocycles. The predicted molar refractivity (Wildman–Crippen MR) is 98.9 cm³/mol. The van der Waals surface area contributed by atoms with E-state index in [1.54, 1.807) is 13.1 Å². The molecule has 1 amide bonds. The lowest BCUT2D eigenvalue weighted by Crippen LogP contribution is -2.25. The van der Waals surface area contributed by atoms with E-state index in [1.807, 2.05) is 0 Å². The van der Waals surface area contributed by atoms with Crippen LogP contribution < -0.4 is 11.1 Å². The lowest BCUT2D eigenvalue weighted by molar-refractivity contribution is -0.118. The van der Waals surface area contributed by atoms with Crippen molar-refractivity contribution in [3.63, 3.8) is 0 Å². The highest BCUT2D eigenvalue weighted by atomic mass is 32.2. The molecule has 0 aliphatic heterocycles. The van der Waals surface area contributed by atoms with Crippen molar-refractivity contribution >= 4 is 23.5 Å². The third-order valence-electron chi connectivity index (χ3n) is 3.58. The summed E-state index contributed by atoms with van der Waals surface area (Å²) in [5.41, 5.74) is 7.96. The van der Waals surface area contributed by atoms with Gasteiger partial charge >= 0.3 is 0 Å². The Kier molecular flexibility index (Phi) is 5.83. The molecule has 0 saturated carbocycles. The SMILES string of the molecule is Cc1ncc(CNC(=O)CSc2ccc(C(C)(C)C)cc2)c(N)n1. The summed E-state index contributed by atoms with van der Waals surface area (Å²) in [5.74, 6) is 1.35. The van der Waals surface area contributed by atoms with E-state index in [0.717, 1.165) is 10.5 Å².